The summed E-state index contributed by atoms with van der Waals surface area (Å²) in [4.78, 5) is 49.4. The van der Waals surface area contributed by atoms with Crippen molar-refractivity contribution in [3.63, 3.8) is 0 Å². The number of anilines is 1. The van der Waals surface area contributed by atoms with Crippen molar-refractivity contribution in [3.8, 4) is 0 Å². The van der Waals surface area contributed by atoms with E-state index in [-0.39, 0.29) is 23.6 Å². The van der Waals surface area contributed by atoms with Crippen LogP contribution in [0.25, 0.3) is 0 Å². The second kappa shape index (κ2) is 5.43. The molecule has 2 fully saturated rings. The predicted molar refractivity (Wildman–Crippen MR) is 84.3 cm³/mol. The van der Waals surface area contributed by atoms with Crippen LogP contribution in [0.2, 0.25) is 0 Å². The molecule has 4 amide bonds. The van der Waals surface area contributed by atoms with Crippen molar-refractivity contribution >= 4 is 29.3 Å². The van der Waals surface area contributed by atoms with E-state index in [1.807, 2.05) is 0 Å². The molecule has 2 aliphatic heterocycles. The van der Waals surface area contributed by atoms with Crippen molar-refractivity contribution in [2.45, 2.75) is 31.7 Å². The number of carbonyl (C=O) groups is 4. The van der Waals surface area contributed by atoms with E-state index in [9.17, 15) is 19.2 Å². The average Bonchev–Trinajstić information content (AvgIpc) is 3.24. The lowest BCUT2D eigenvalue weighted by Gasteiger charge is -2.12. The number of hydrogen-bond acceptors (Lipinski definition) is 4. The van der Waals surface area contributed by atoms with E-state index in [0.29, 0.717) is 42.1 Å². The Balaban J connectivity index is 1.51. The third-order valence-corrected chi connectivity index (χ3v) is 4.69. The zero-order chi connectivity index (χ0) is 16.8. The van der Waals surface area contributed by atoms with Gasteiger partial charge in [0.2, 0.25) is 11.8 Å². The number of imide groups is 1. The van der Waals surface area contributed by atoms with Crippen molar-refractivity contribution in [1.29, 1.82) is 0 Å². The zero-order valence-electron chi connectivity index (χ0n) is 13.0. The van der Waals surface area contributed by atoms with Crippen molar-refractivity contribution in [1.82, 2.24) is 10.2 Å². The number of hydrogen-bond donors (Lipinski definition) is 2. The highest BCUT2D eigenvalue weighted by Gasteiger charge is 2.39. The molecule has 0 radical (unpaired) electrons. The van der Waals surface area contributed by atoms with Gasteiger partial charge in [-0.15, -0.1) is 0 Å². The molecule has 1 aromatic rings. The molecule has 24 heavy (non-hydrogen) atoms. The van der Waals surface area contributed by atoms with Crippen LogP contribution in [-0.4, -0.2) is 41.1 Å². The molecule has 7 nitrogen and oxygen atoms in total. The largest absolute Gasteiger partial charge is 0.344 e. The SMILES string of the molecule is O=C1CC[C@H](C(=O)Nc2ccc3c(c2)C(=O)N(CC2CC2)C3=O)N1. The molecule has 1 aromatic carbocycles. The molecule has 0 bridgehead atoms. The Kier molecular flexibility index (Phi) is 3.37. The number of benzene rings is 1. The normalized spacial score (nSPS) is 22.6. The summed E-state index contributed by atoms with van der Waals surface area (Å²) in [6.45, 7) is 0.474. The Bertz CT molecular complexity index is 769. The first-order valence-electron chi connectivity index (χ1n) is 8.13. The fraction of sp³-hybridized carbons (Fsp3) is 0.412. The van der Waals surface area contributed by atoms with Gasteiger partial charge in [-0.3, -0.25) is 24.1 Å². The lowest BCUT2D eigenvalue weighted by Crippen LogP contribution is -2.37. The lowest BCUT2D eigenvalue weighted by atomic mass is 10.1. The zero-order valence-corrected chi connectivity index (χ0v) is 13.0. The minimum atomic E-state index is -0.547. The Morgan fingerprint density at radius 3 is 2.54 bits per heavy atom. The summed E-state index contributed by atoms with van der Waals surface area (Å²) in [5, 5.41) is 5.30. The van der Waals surface area contributed by atoms with Crippen molar-refractivity contribution in [2.75, 3.05) is 11.9 Å². The van der Waals surface area contributed by atoms with Gasteiger partial charge in [-0.1, -0.05) is 0 Å². The molecule has 1 atom stereocenters. The van der Waals surface area contributed by atoms with Crippen LogP contribution in [0.15, 0.2) is 18.2 Å². The monoisotopic (exact) mass is 327 g/mol. The van der Waals surface area contributed by atoms with Gasteiger partial charge in [0.25, 0.3) is 11.8 Å². The summed E-state index contributed by atoms with van der Waals surface area (Å²) in [5.41, 5.74) is 1.16. The summed E-state index contributed by atoms with van der Waals surface area (Å²) < 4.78 is 0. The summed E-state index contributed by atoms with van der Waals surface area (Å²) >= 11 is 0. The number of nitrogens with one attached hydrogen (secondary N) is 2. The molecule has 124 valence electrons. The molecule has 0 unspecified atom stereocenters. The van der Waals surface area contributed by atoms with E-state index < -0.39 is 6.04 Å². The van der Waals surface area contributed by atoms with Crippen LogP contribution in [0.3, 0.4) is 0 Å². The number of fused-ring (bicyclic) bond motifs is 1. The van der Waals surface area contributed by atoms with Gasteiger partial charge in [-0.05, 0) is 43.4 Å². The summed E-state index contributed by atoms with van der Waals surface area (Å²) in [7, 11) is 0. The number of amides is 4. The quantitative estimate of drug-likeness (QED) is 0.804. The van der Waals surface area contributed by atoms with E-state index in [1.54, 1.807) is 12.1 Å². The van der Waals surface area contributed by atoms with Crippen LogP contribution in [-0.2, 0) is 9.59 Å². The molecule has 0 spiro atoms. The van der Waals surface area contributed by atoms with Gasteiger partial charge < -0.3 is 10.6 Å². The smallest absolute Gasteiger partial charge is 0.261 e. The first kappa shape index (κ1) is 14.9. The van der Waals surface area contributed by atoms with Crippen molar-refractivity contribution in [2.24, 2.45) is 5.92 Å². The summed E-state index contributed by atoms with van der Waals surface area (Å²) in [6.07, 6.45) is 2.91. The van der Waals surface area contributed by atoms with Crippen molar-refractivity contribution < 1.29 is 19.2 Å². The number of carbonyl (C=O) groups excluding carboxylic acids is 4. The molecule has 1 aliphatic carbocycles. The number of nitrogens with zero attached hydrogens (tertiary/aromatic N) is 1. The fourth-order valence-corrected chi connectivity index (χ4v) is 3.13. The van der Waals surface area contributed by atoms with Crippen LogP contribution in [0.5, 0.6) is 0 Å². The van der Waals surface area contributed by atoms with Gasteiger partial charge >= 0.3 is 0 Å². The van der Waals surface area contributed by atoms with Gasteiger partial charge in [-0.2, -0.15) is 0 Å². The highest BCUT2D eigenvalue weighted by atomic mass is 16.2. The number of rotatable bonds is 4. The Morgan fingerprint density at radius 2 is 1.88 bits per heavy atom. The van der Waals surface area contributed by atoms with E-state index in [4.69, 9.17) is 0 Å². The Hall–Kier alpha value is -2.70. The van der Waals surface area contributed by atoms with Crippen molar-refractivity contribution in [3.05, 3.63) is 29.3 Å². The minimum Gasteiger partial charge on any atom is -0.344 e. The third kappa shape index (κ3) is 2.55. The first-order chi connectivity index (χ1) is 11.5. The van der Waals surface area contributed by atoms with Crippen LogP contribution in [0.1, 0.15) is 46.4 Å². The molecule has 0 aromatic heterocycles. The van der Waals surface area contributed by atoms with E-state index in [2.05, 4.69) is 10.6 Å². The molecule has 7 heteroatoms. The molecule has 3 aliphatic rings. The van der Waals surface area contributed by atoms with E-state index in [1.165, 1.54) is 11.0 Å². The maximum absolute atomic E-state index is 12.4. The van der Waals surface area contributed by atoms with Crippen LogP contribution in [0.4, 0.5) is 5.69 Å². The minimum absolute atomic E-state index is 0.138. The molecule has 1 saturated carbocycles. The predicted octanol–water partition coefficient (Wildman–Crippen LogP) is 0.910. The van der Waals surface area contributed by atoms with Gasteiger partial charge in [0.15, 0.2) is 0 Å². The summed E-state index contributed by atoms with van der Waals surface area (Å²) in [6, 6.07) is 4.18. The highest BCUT2D eigenvalue weighted by molar-refractivity contribution is 6.22. The highest BCUT2D eigenvalue weighted by Crippen LogP contribution is 2.33. The van der Waals surface area contributed by atoms with Gasteiger partial charge in [0.1, 0.15) is 6.04 Å². The second-order valence-corrected chi connectivity index (χ2v) is 6.57. The maximum atomic E-state index is 12.4. The second-order valence-electron chi connectivity index (χ2n) is 6.57. The standard InChI is InChI=1S/C17H17N3O4/c21-14-6-5-13(19-14)15(22)18-10-3-4-11-12(7-10)17(24)20(16(11)23)8-9-1-2-9/h3-4,7,9,13H,1-2,5-6,8H2,(H,18,22)(H,19,21)/t13-/m1/s1. The topological polar surface area (TPSA) is 95.6 Å². The Labute approximate surface area is 138 Å². The van der Waals surface area contributed by atoms with Gasteiger partial charge in [-0.25, -0.2) is 0 Å². The lowest BCUT2D eigenvalue weighted by molar-refractivity contribution is -0.122. The first-order valence-corrected chi connectivity index (χ1v) is 8.13. The molecular weight excluding hydrogens is 310 g/mol. The van der Waals surface area contributed by atoms with Gasteiger partial charge in [0, 0.05) is 18.7 Å². The maximum Gasteiger partial charge on any atom is 0.261 e. The molecule has 4 rings (SSSR count). The van der Waals surface area contributed by atoms with Gasteiger partial charge in [0.05, 0.1) is 11.1 Å². The molecule has 2 N–H and O–H groups in total. The Morgan fingerprint density at radius 1 is 1.12 bits per heavy atom. The fourth-order valence-electron chi connectivity index (χ4n) is 3.13. The third-order valence-electron chi connectivity index (χ3n) is 4.69. The van der Waals surface area contributed by atoms with E-state index in [0.717, 1.165) is 12.8 Å². The molecule has 2 heterocycles. The molecule has 1 saturated heterocycles. The average molecular weight is 327 g/mol. The van der Waals surface area contributed by atoms with Crippen LogP contribution in [0, 0.1) is 5.92 Å². The molecular formula is C17H17N3O4. The van der Waals surface area contributed by atoms with E-state index >= 15 is 0 Å². The van der Waals surface area contributed by atoms with Crippen LogP contribution < -0.4 is 10.6 Å². The van der Waals surface area contributed by atoms with Crippen LogP contribution >= 0.6 is 0 Å². The summed E-state index contributed by atoms with van der Waals surface area (Å²) in [5.74, 6) is -0.583.